The molecular formula is C23H43N3. The Morgan fingerprint density at radius 2 is 1.65 bits per heavy atom. The first-order valence-corrected chi connectivity index (χ1v) is 11.6. The standard InChI is InChI=1S/C14H25N.C9H18N2/c1-11(2)12-8-14(9-12)6-7-15(10-14)13-4-3-5-13;1-8(2)11-6-9(7-11)3-4-10-5-9/h11-13H,3-10H2,1-2H3;8,10H,3-7H2,1-2H3. The molecule has 2 spiro atoms. The molecule has 3 saturated heterocycles. The van der Waals surface area contributed by atoms with E-state index in [2.05, 4.69) is 42.8 Å². The van der Waals surface area contributed by atoms with Crippen molar-refractivity contribution in [2.45, 2.75) is 84.7 Å². The summed E-state index contributed by atoms with van der Waals surface area (Å²) in [6.07, 6.45) is 10.4. The Bertz CT molecular complexity index is 462. The van der Waals surface area contributed by atoms with Crippen LogP contribution in [0.2, 0.25) is 0 Å². The van der Waals surface area contributed by atoms with Crippen molar-refractivity contribution < 1.29 is 0 Å². The molecule has 3 aliphatic heterocycles. The third-order valence-electron chi connectivity index (χ3n) is 8.53. The minimum absolute atomic E-state index is 0.685. The van der Waals surface area contributed by atoms with E-state index in [0.717, 1.165) is 29.3 Å². The van der Waals surface area contributed by atoms with Crippen LogP contribution in [0.25, 0.3) is 0 Å². The van der Waals surface area contributed by atoms with Gasteiger partial charge in [0.05, 0.1) is 0 Å². The number of rotatable bonds is 3. The zero-order valence-electron chi connectivity index (χ0n) is 17.9. The summed E-state index contributed by atoms with van der Waals surface area (Å²) in [5, 5.41) is 3.45. The third-order valence-corrected chi connectivity index (χ3v) is 8.53. The molecule has 150 valence electrons. The Morgan fingerprint density at radius 1 is 0.923 bits per heavy atom. The van der Waals surface area contributed by atoms with Gasteiger partial charge in [0.15, 0.2) is 0 Å². The highest BCUT2D eigenvalue weighted by molar-refractivity contribution is 5.03. The van der Waals surface area contributed by atoms with E-state index in [-0.39, 0.29) is 0 Å². The topological polar surface area (TPSA) is 18.5 Å². The number of hydrogen-bond donors (Lipinski definition) is 1. The minimum atomic E-state index is 0.685. The molecule has 0 aromatic rings. The molecule has 0 unspecified atom stereocenters. The average Bonchev–Trinajstić information content (AvgIpc) is 3.09. The van der Waals surface area contributed by atoms with E-state index >= 15 is 0 Å². The van der Waals surface area contributed by atoms with Crippen LogP contribution in [0.1, 0.15) is 72.6 Å². The van der Waals surface area contributed by atoms with Gasteiger partial charge in [-0.05, 0) is 82.7 Å². The van der Waals surface area contributed by atoms with Crippen LogP contribution in [-0.4, -0.2) is 61.2 Å². The van der Waals surface area contributed by atoms with Crippen LogP contribution in [0, 0.1) is 22.7 Å². The van der Waals surface area contributed by atoms with Crippen LogP contribution in [0.15, 0.2) is 0 Å². The summed E-state index contributed by atoms with van der Waals surface area (Å²) < 4.78 is 0. The van der Waals surface area contributed by atoms with Crippen molar-refractivity contribution in [1.29, 1.82) is 0 Å². The van der Waals surface area contributed by atoms with Gasteiger partial charge in [-0.1, -0.05) is 20.3 Å². The van der Waals surface area contributed by atoms with E-state index < -0.39 is 0 Å². The summed E-state index contributed by atoms with van der Waals surface area (Å²) in [6.45, 7) is 17.4. The molecule has 0 aromatic carbocycles. The molecule has 5 aliphatic rings. The first-order chi connectivity index (χ1) is 12.4. The van der Waals surface area contributed by atoms with Crippen LogP contribution in [0.3, 0.4) is 0 Å². The molecule has 0 aromatic heterocycles. The van der Waals surface area contributed by atoms with Gasteiger partial charge in [-0.3, -0.25) is 9.80 Å². The largest absolute Gasteiger partial charge is 0.316 e. The second-order valence-corrected chi connectivity index (χ2v) is 11.1. The summed E-state index contributed by atoms with van der Waals surface area (Å²) in [7, 11) is 0. The lowest BCUT2D eigenvalue weighted by Crippen LogP contribution is -2.59. The minimum Gasteiger partial charge on any atom is -0.316 e. The zero-order chi connectivity index (χ0) is 18.4. The molecule has 1 N–H and O–H groups in total. The Morgan fingerprint density at radius 3 is 2.15 bits per heavy atom. The smallest absolute Gasteiger partial charge is 0.00955 e. The summed E-state index contributed by atoms with van der Waals surface area (Å²) in [5.74, 6) is 1.97. The van der Waals surface area contributed by atoms with Crippen molar-refractivity contribution in [2.24, 2.45) is 22.7 Å². The first-order valence-electron chi connectivity index (χ1n) is 11.6. The molecule has 2 saturated carbocycles. The monoisotopic (exact) mass is 361 g/mol. The Balaban J connectivity index is 0.000000136. The highest BCUT2D eigenvalue weighted by atomic mass is 15.2. The van der Waals surface area contributed by atoms with Crippen molar-refractivity contribution in [2.75, 3.05) is 39.3 Å². The molecule has 3 nitrogen and oxygen atoms in total. The maximum Gasteiger partial charge on any atom is 0.00955 e. The van der Waals surface area contributed by atoms with Crippen molar-refractivity contribution in [3.05, 3.63) is 0 Å². The molecule has 0 amide bonds. The normalized spacial score (nSPS) is 36.9. The lowest BCUT2D eigenvalue weighted by molar-refractivity contribution is -0.00685. The van der Waals surface area contributed by atoms with Crippen molar-refractivity contribution in [3.8, 4) is 0 Å². The number of nitrogens with zero attached hydrogens (tertiary/aromatic N) is 2. The van der Waals surface area contributed by atoms with Crippen LogP contribution < -0.4 is 5.32 Å². The van der Waals surface area contributed by atoms with E-state index in [9.17, 15) is 0 Å². The van der Waals surface area contributed by atoms with Gasteiger partial charge in [-0.15, -0.1) is 0 Å². The molecule has 0 bridgehead atoms. The molecule has 3 heterocycles. The highest BCUT2D eigenvalue weighted by Crippen LogP contribution is 2.55. The summed E-state index contributed by atoms with van der Waals surface area (Å²) in [6, 6.07) is 1.74. The summed E-state index contributed by atoms with van der Waals surface area (Å²) in [5.41, 5.74) is 1.47. The van der Waals surface area contributed by atoms with Gasteiger partial charge in [-0.2, -0.15) is 0 Å². The fraction of sp³-hybridized carbons (Fsp3) is 1.00. The average molecular weight is 362 g/mol. The van der Waals surface area contributed by atoms with Crippen LogP contribution in [0.4, 0.5) is 0 Å². The maximum atomic E-state index is 3.45. The lowest BCUT2D eigenvalue weighted by atomic mass is 9.58. The van der Waals surface area contributed by atoms with E-state index in [0.29, 0.717) is 5.41 Å². The molecule has 5 fully saturated rings. The molecule has 0 atom stereocenters. The molecule has 26 heavy (non-hydrogen) atoms. The Labute approximate surface area is 162 Å². The van der Waals surface area contributed by atoms with Gasteiger partial charge in [0.1, 0.15) is 0 Å². The second kappa shape index (κ2) is 7.37. The van der Waals surface area contributed by atoms with Crippen molar-refractivity contribution in [3.63, 3.8) is 0 Å². The number of likely N-dealkylation sites (tertiary alicyclic amines) is 2. The molecule has 0 radical (unpaired) electrons. The van der Waals surface area contributed by atoms with Crippen molar-refractivity contribution >= 4 is 0 Å². The SMILES string of the molecule is CC(C)C1CC2(CCN(C3CCC3)C2)C1.CC(C)N1CC2(CCNC2)C1. The third kappa shape index (κ3) is 3.73. The van der Waals surface area contributed by atoms with E-state index in [4.69, 9.17) is 0 Å². The van der Waals surface area contributed by atoms with Crippen LogP contribution in [0.5, 0.6) is 0 Å². The summed E-state index contributed by atoms with van der Waals surface area (Å²) >= 11 is 0. The van der Waals surface area contributed by atoms with E-state index in [1.807, 2.05) is 0 Å². The van der Waals surface area contributed by atoms with E-state index in [1.165, 1.54) is 84.2 Å². The molecule has 2 aliphatic carbocycles. The van der Waals surface area contributed by atoms with Gasteiger partial charge >= 0.3 is 0 Å². The fourth-order valence-electron chi connectivity index (χ4n) is 6.14. The predicted molar refractivity (Wildman–Crippen MR) is 110 cm³/mol. The van der Waals surface area contributed by atoms with Gasteiger partial charge in [0.25, 0.3) is 0 Å². The van der Waals surface area contributed by atoms with Crippen LogP contribution in [-0.2, 0) is 0 Å². The zero-order valence-corrected chi connectivity index (χ0v) is 17.9. The first kappa shape index (κ1) is 19.2. The molecular weight excluding hydrogens is 318 g/mol. The maximum absolute atomic E-state index is 3.45. The fourth-order valence-corrected chi connectivity index (χ4v) is 6.14. The van der Waals surface area contributed by atoms with Gasteiger partial charge in [0, 0.05) is 43.7 Å². The van der Waals surface area contributed by atoms with Crippen molar-refractivity contribution in [1.82, 2.24) is 15.1 Å². The highest BCUT2D eigenvalue weighted by Gasteiger charge is 2.50. The number of nitrogens with one attached hydrogen (secondary N) is 1. The molecule has 3 heteroatoms. The van der Waals surface area contributed by atoms with E-state index in [1.54, 1.807) is 0 Å². The van der Waals surface area contributed by atoms with Gasteiger partial charge < -0.3 is 5.32 Å². The second-order valence-electron chi connectivity index (χ2n) is 11.1. The van der Waals surface area contributed by atoms with Gasteiger partial charge in [0.2, 0.25) is 0 Å². The quantitative estimate of drug-likeness (QED) is 0.820. The Kier molecular flexibility index (Phi) is 5.44. The Hall–Kier alpha value is -0.120. The van der Waals surface area contributed by atoms with Gasteiger partial charge in [-0.25, -0.2) is 0 Å². The number of hydrogen-bond acceptors (Lipinski definition) is 3. The van der Waals surface area contributed by atoms with Crippen LogP contribution >= 0.6 is 0 Å². The summed E-state index contributed by atoms with van der Waals surface area (Å²) in [4.78, 5) is 5.37. The molecule has 5 rings (SSSR count). The predicted octanol–water partition coefficient (Wildman–Crippen LogP) is 3.99. The lowest BCUT2D eigenvalue weighted by Gasteiger charge is -2.50.